The van der Waals surface area contributed by atoms with Gasteiger partial charge >= 0.3 is 0 Å². The van der Waals surface area contributed by atoms with Gasteiger partial charge in [0.05, 0.1) is 0 Å². The van der Waals surface area contributed by atoms with Gasteiger partial charge in [-0.1, -0.05) is 45.0 Å². The summed E-state index contributed by atoms with van der Waals surface area (Å²) in [5, 5.41) is 4.42. The second-order valence-electron chi connectivity index (χ2n) is 6.27. The summed E-state index contributed by atoms with van der Waals surface area (Å²) in [6, 6.07) is 9.21. The van der Waals surface area contributed by atoms with Gasteiger partial charge in [0.1, 0.15) is 0 Å². The number of nitrogens with zero attached hydrogens (tertiary/aromatic N) is 1. The molecular formula is C16H24N. The van der Waals surface area contributed by atoms with Crippen LogP contribution in [0.15, 0.2) is 24.3 Å². The number of benzene rings is 1. The van der Waals surface area contributed by atoms with Gasteiger partial charge in [-0.3, -0.25) is 0 Å². The first-order valence-corrected chi connectivity index (χ1v) is 6.78. The van der Waals surface area contributed by atoms with E-state index in [0.29, 0.717) is 0 Å². The predicted octanol–water partition coefficient (Wildman–Crippen LogP) is 3.54. The van der Waals surface area contributed by atoms with Crippen molar-refractivity contribution in [1.29, 1.82) is 0 Å². The third-order valence-corrected chi connectivity index (χ3v) is 3.74. The van der Waals surface area contributed by atoms with Crippen LogP contribution in [0.2, 0.25) is 0 Å². The highest BCUT2D eigenvalue weighted by atomic mass is 14.9. The molecule has 0 aromatic heterocycles. The minimum atomic E-state index is 0.266. The third-order valence-electron chi connectivity index (χ3n) is 3.74. The van der Waals surface area contributed by atoms with Crippen molar-refractivity contribution in [2.45, 2.75) is 45.4 Å². The van der Waals surface area contributed by atoms with E-state index in [1.54, 1.807) is 0 Å². The molecule has 0 N–H and O–H groups in total. The van der Waals surface area contributed by atoms with Gasteiger partial charge in [0, 0.05) is 13.1 Å². The lowest BCUT2D eigenvalue weighted by Crippen LogP contribution is -2.23. The fourth-order valence-corrected chi connectivity index (χ4v) is 2.48. The fraction of sp³-hybridized carbons (Fsp3) is 0.625. The number of hydrogen-bond donors (Lipinski definition) is 0. The van der Waals surface area contributed by atoms with E-state index in [-0.39, 0.29) is 5.41 Å². The lowest BCUT2D eigenvalue weighted by atomic mass is 9.85. The molecule has 1 fully saturated rings. The molecule has 93 valence electrons. The van der Waals surface area contributed by atoms with Crippen LogP contribution in [-0.4, -0.2) is 13.1 Å². The predicted molar refractivity (Wildman–Crippen MR) is 73.4 cm³/mol. The van der Waals surface area contributed by atoms with E-state index in [9.17, 15) is 0 Å². The smallest absolute Gasteiger partial charge is 0.0136 e. The second kappa shape index (κ2) is 5.22. The minimum Gasteiger partial charge on any atom is -0.242 e. The molecule has 1 aliphatic rings. The zero-order valence-electron chi connectivity index (χ0n) is 11.4. The Balaban J connectivity index is 1.98. The summed E-state index contributed by atoms with van der Waals surface area (Å²) in [5.41, 5.74) is 3.19. The molecule has 0 spiro atoms. The molecule has 17 heavy (non-hydrogen) atoms. The lowest BCUT2D eigenvalue weighted by molar-refractivity contribution is 0.368. The Labute approximate surface area is 106 Å². The van der Waals surface area contributed by atoms with Crippen LogP contribution in [0.1, 0.15) is 44.7 Å². The maximum Gasteiger partial charge on any atom is 0.0136 e. The Morgan fingerprint density at radius 1 is 1.06 bits per heavy atom. The SMILES string of the molecule is CC(C)(C)c1ccc(CC2CC[N]CC2)cc1. The maximum atomic E-state index is 4.42. The van der Waals surface area contributed by atoms with Gasteiger partial charge < -0.3 is 0 Å². The van der Waals surface area contributed by atoms with Crippen LogP contribution in [0.25, 0.3) is 0 Å². The molecule has 1 aromatic rings. The van der Waals surface area contributed by atoms with Crippen molar-refractivity contribution in [3.63, 3.8) is 0 Å². The Bertz CT molecular complexity index is 339. The van der Waals surface area contributed by atoms with E-state index in [1.807, 2.05) is 0 Å². The summed E-state index contributed by atoms with van der Waals surface area (Å²) in [7, 11) is 0. The van der Waals surface area contributed by atoms with Gasteiger partial charge in [-0.2, -0.15) is 0 Å². The van der Waals surface area contributed by atoms with Crippen LogP contribution in [-0.2, 0) is 11.8 Å². The van der Waals surface area contributed by atoms with Crippen molar-refractivity contribution in [1.82, 2.24) is 5.32 Å². The average molecular weight is 230 g/mol. The first kappa shape index (κ1) is 12.6. The van der Waals surface area contributed by atoms with Gasteiger partial charge in [-0.15, -0.1) is 0 Å². The van der Waals surface area contributed by atoms with Crippen molar-refractivity contribution in [2.24, 2.45) is 5.92 Å². The van der Waals surface area contributed by atoms with E-state index < -0.39 is 0 Å². The highest BCUT2D eigenvalue weighted by Crippen LogP contribution is 2.24. The lowest BCUT2D eigenvalue weighted by Gasteiger charge is -2.22. The molecule has 0 saturated carbocycles. The zero-order valence-corrected chi connectivity index (χ0v) is 11.4. The largest absolute Gasteiger partial charge is 0.242 e. The summed E-state index contributed by atoms with van der Waals surface area (Å²) >= 11 is 0. The standard InChI is InChI=1S/C16H24N/c1-16(2,3)15-6-4-13(5-7-15)12-14-8-10-17-11-9-14/h4-7,14H,8-12H2,1-3H3. The Hall–Kier alpha value is -0.820. The fourth-order valence-electron chi connectivity index (χ4n) is 2.48. The van der Waals surface area contributed by atoms with Crippen LogP contribution in [0.4, 0.5) is 0 Å². The van der Waals surface area contributed by atoms with E-state index >= 15 is 0 Å². The molecule has 1 radical (unpaired) electrons. The van der Waals surface area contributed by atoms with E-state index in [0.717, 1.165) is 19.0 Å². The molecule has 1 heteroatoms. The number of rotatable bonds is 2. The summed E-state index contributed by atoms with van der Waals surface area (Å²) in [6.07, 6.45) is 3.79. The van der Waals surface area contributed by atoms with E-state index in [2.05, 4.69) is 50.4 Å². The highest BCUT2D eigenvalue weighted by molar-refractivity contribution is 5.27. The van der Waals surface area contributed by atoms with Crippen LogP contribution >= 0.6 is 0 Å². The van der Waals surface area contributed by atoms with Gasteiger partial charge in [-0.05, 0) is 41.7 Å². The summed E-state index contributed by atoms with van der Waals surface area (Å²) in [6.45, 7) is 8.95. The molecule has 0 bridgehead atoms. The number of hydrogen-bond acceptors (Lipinski definition) is 0. The van der Waals surface area contributed by atoms with Crippen molar-refractivity contribution < 1.29 is 0 Å². The molecule has 0 amide bonds. The van der Waals surface area contributed by atoms with Gasteiger partial charge in [0.25, 0.3) is 0 Å². The molecule has 1 aliphatic heterocycles. The van der Waals surface area contributed by atoms with Gasteiger partial charge in [0.2, 0.25) is 0 Å². The highest BCUT2D eigenvalue weighted by Gasteiger charge is 2.16. The van der Waals surface area contributed by atoms with Crippen LogP contribution in [0.5, 0.6) is 0 Å². The van der Waals surface area contributed by atoms with E-state index in [4.69, 9.17) is 0 Å². The van der Waals surface area contributed by atoms with Crippen molar-refractivity contribution in [3.8, 4) is 0 Å². The molecule has 1 heterocycles. The van der Waals surface area contributed by atoms with Crippen LogP contribution < -0.4 is 5.32 Å². The Morgan fingerprint density at radius 2 is 1.65 bits per heavy atom. The van der Waals surface area contributed by atoms with Crippen molar-refractivity contribution in [2.75, 3.05) is 13.1 Å². The molecule has 2 rings (SSSR count). The number of piperidine rings is 1. The monoisotopic (exact) mass is 230 g/mol. The Morgan fingerprint density at radius 3 is 2.18 bits per heavy atom. The maximum absolute atomic E-state index is 4.42. The summed E-state index contributed by atoms with van der Waals surface area (Å²) < 4.78 is 0. The second-order valence-corrected chi connectivity index (χ2v) is 6.27. The molecule has 1 saturated heterocycles. The first-order chi connectivity index (χ1) is 8.05. The molecule has 0 atom stereocenters. The molecule has 1 aromatic carbocycles. The average Bonchev–Trinajstić information content (AvgIpc) is 2.30. The normalized spacial score (nSPS) is 18.3. The molecule has 1 nitrogen and oxygen atoms in total. The van der Waals surface area contributed by atoms with Crippen molar-refractivity contribution >= 4 is 0 Å². The minimum absolute atomic E-state index is 0.266. The summed E-state index contributed by atoms with van der Waals surface area (Å²) in [4.78, 5) is 0. The molecular weight excluding hydrogens is 206 g/mol. The van der Waals surface area contributed by atoms with E-state index in [1.165, 1.54) is 30.4 Å². The first-order valence-electron chi connectivity index (χ1n) is 6.78. The topological polar surface area (TPSA) is 14.1 Å². The van der Waals surface area contributed by atoms with Gasteiger partial charge in [-0.25, -0.2) is 5.32 Å². The quantitative estimate of drug-likeness (QED) is 0.738. The third kappa shape index (κ3) is 3.57. The summed E-state index contributed by atoms with van der Waals surface area (Å²) in [5.74, 6) is 0.855. The van der Waals surface area contributed by atoms with Crippen LogP contribution in [0, 0.1) is 5.92 Å². The molecule has 0 unspecified atom stereocenters. The Kier molecular flexibility index (Phi) is 3.88. The van der Waals surface area contributed by atoms with Crippen LogP contribution in [0.3, 0.4) is 0 Å². The van der Waals surface area contributed by atoms with Crippen molar-refractivity contribution in [3.05, 3.63) is 35.4 Å². The van der Waals surface area contributed by atoms with Gasteiger partial charge in [0.15, 0.2) is 0 Å². The zero-order chi connectivity index (χ0) is 12.3. The molecule has 0 aliphatic carbocycles.